The molecule has 0 saturated heterocycles. The number of hydrogen-bond acceptors (Lipinski definition) is 1. The van der Waals surface area contributed by atoms with E-state index in [1.807, 2.05) is 0 Å². The second-order valence-corrected chi connectivity index (χ2v) is 6.36. The molecule has 0 aromatic heterocycles. The fourth-order valence-electron chi connectivity index (χ4n) is 3.86. The molecule has 0 heterocycles. The first-order valence-corrected chi connectivity index (χ1v) is 6.79. The van der Waals surface area contributed by atoms with Gasteiger partial charge in [-0.25, -0.2) is 0 Å². The van der Waals surface area contributed by atoms with Gasteiger partial charge in [0.2, 0.25) is 0 Å². The summed E-state index contributed by atoms with van der Waals surface area (Å²) in [6, 6.07) is 8.70. The molecule has 1 aromatic rings. The highest BCUT2D eigenvalue weighted by atomic mass is 16.1. The van der Waals surface area contributed by atoms with Crippen LogP contribution in [-0.4, -0.2) is 5.78 Å². The van der Waals surface area contributed by atoms with Crippen molar-refractivity contribution in [2.75, 3.05) is 0 Å². The van der Waals surface area contributed by atoms with E-state index in [0.29, 0.717) is 12.2 Å². The van der Waals surface area contributed by atoms with Crippen molar-refractivity contribution in [2.45, 2.75) is 45.4 Å². The number of ketones is 1. The van der Waals surface area contributed by atoms with Gasteiger partial charge in [0.25, 0.3) is 0 Å². The van der Waals surface area contributed by atoms with Crippen LogP contribution in [0.1, 0.15) is 44.7 Å². The topological polar surface area (TPSA) is 17.1 Å². The molecule has 1 atom stereocenters. The third kappa shape index (κ3) is 1.36. The molecule has 0 spiro atoms. The van der Waals surface area contributed by atoms with Gasteiger partial charge in [-0.05, 0) is 37.8 Å². The minimum Gasteiger partial charge on any atom is -0.299 e. The van der Waals surface area contributed by atoms with Gasteiger partial charge >= 0.3 is 0 Å². The van der Waals surface area contributed by atoms with Gasteiger partial charge in [-0.2, -0.15) is 0 Å². The molecule has 0 aliphatic heterocycles. The van der Waals surface area contributed by atoms with E-state index in [1.165, 1.54) is 16.7 Å². The Morgan fingerprint density at radius 3 is 2.61 bits per heavy atom. The molecule has 0 bridgehead atoms. The second kappa shape index (κ2) is 3.57. The third-order valence-corrected chi connectivity index (χ3v) is 4.95. The lowest BCUT2D eigenvalue weighted by Crippen LogP contribution is -2.45. The first kappa shape index (κ1) is 11.7. The number of Topliss-reactive ketones (excluding diaryl/α,β-unsaturated/α-hetero) is 1. The highest BCUT2D eigenvalue weighted by Gasteiger charge is 2.48. The maximum absolute atomic E-state index is 12.2. The van der Waals surface area contributed by atoms with E-state index < -0.39 is 0 Å². The van der Waals surface area contributed by atoms with Crippen molar-refractivity contribution in [3.8, 4) is 0 Å². The Balaban J connectivity index is 2.20. The van der Waals surface area contributed by atoms with Gasteiger partial charge in [0.15, 0.2) is 0 Å². The minimum absolute atomic E-state index is 0.0618. The van der Waals surface area contributed by atoms with Crippen LogP contribution in [0.5, 0.6) is 0 Å². The fraction of sp³-hybridized carbons (Fsp3) is 0.471. The lowest BCUT2D eigenvalue weighted by Gasteiger charge is -2.48. The number of carbonyl (C=O) groups excluding carboxylic acids is 1. The van der Waals surface area contributed by atoms with Crippen LogP contribution >= 0.6 is 0 Å². The summed E-state index contributed by atoms with van der Waals surface area (Å²) in [5.41, 5.74) is 3.97. The molecule has 0 N–H and O–H groups in total. The van der Waals surface area contributed by atoms with Crippen LogP contribution in [0.4, 0.5) is 0 Å². The summed E-state index contributed by atoms with van der Waals surface area (Å²) in [5, 5.41) is 0. The van der Waals surface area contributed by atoms with Gasteiger partial charge in [0, 0.05) is 17.3 Å². The Hall–Kier alpha value is -1.37. The fourth-order valence-corrected chi connectivity index (χ4v) is 3.86. The molecule has 1 fully saturated rings. The number of rotatable bonds is 0. The van der Waals surface area contributed by atoms with Crippen LogP contribution in [-0.2, 0) is 16.6 Å². The molecule has 1 saturated carbocycles. The zero-order chi connectivity index (χ0) is 13.0. The van der Waals surface area contributed by atoms with E-state index in [2.05, 4.69) is 51.1 Å². The van der Waals surface area contributed by atoms with E-state index in [9.17, 15) is 4.79 Å². The van der Waals surface area contributed by atoms with Crippen LogP contribution in [0.15, 0.2) is 35.9 Å². The number of hydrogen-bond donors (Lipinski definition) is 0. The average Bonchev–Trinajstić information content (AvgIpc) is 2.35. The lowest BCUT2D eigenvalue weighted by atomic mass is 9.55. The zero-order valence-electron chi connectivity index (χ0n) is 11.4. The molecule has 0 unspecified atom stereocenters. The van der Waals surface area contributed by atoms with Crippen LogP contribution in [0.3, 0.4) is 0 Å². The lowest BCUT2D eigenvalue weighted by molar-refractivity contribution is -0.127. The predicted molar refractivity (Wildman–Crippen MR) is 73.6 cm³/mol. The van der Waals surface area contributed by atoms with E-state index in [0.717, 1.165) is 12.8 Å². The summed E-state index contributed by atoms with van der Waals surface area (Å²) < 4.78 is 0. The molecule has 2 aliphatic rings. The zero-order valence-corrected chi connectivity index (χ0v) is 11.4. The number of fused-ring (bicyclic) bond motifs is 3. The van der Waals surface area contributed by atoms with Crippen LogP contribution in [0.25, 0.3) is 0 Å². The van der Waals surface area contributed by atoms with Gasteiger partial charge in [-0.1, -0.05) is 42.8 Å². The molecule has 2 aliphatic carbocycles. The summed E-state index contributed by atoms with van der Waals surface area (Å²) in [4.78, 5) is 12.2. The van der Waals surface area contributed by atoms with Gasteiger partial charge < -0.3 is 0 Å². The summed E-state index contributed by atoms with van der Waals surface area (Å²) >= 11 is 0. The highest BCUT2D eigenvalue weighted by molar-refractivity contribution is 5.90. The van der Waals surface area contributed by atoms with E-state index >= 15 is 0 Å². The van der Waals surface area contributed by atoms with E-state index in [-0.39, 0.29) is 10.8 Å². The molecule has 1 aromatic carbocycles. The minimum atomic E-state index is -0.291. The third-order valence-electron chi connectivity index (χ3n) is 4.95. The van der Waals surface area contributed by atoms with Crippen molar-refractivity contribution in [3.05, 3.63) is 47.0 Å². The normalized spacial score (nSPS) is 29.3. The second-order valence-electron chi connectivity index (χ2n) is 6.36. The number of carbonyl (C=O) groups is 1. The van der Waals surface area contributed by atoms with Crippen molar-refractivity contribution in [1.82, 2.24) is 0 Å². The molecule has 94 valence electrons. The maximum Gasteiger partial charge on any atom is 0.142 e. The van der Waals surface area contributed by atoms with Gasteiger partial charge in [-0.3, -0.25) is 4.79 Å². The molecule has 1 heteroatoms. The Bertz CT molecular complexity index is 550. The standard InChI is InChI=1S/C17H20O/c1-16(2)14-9-8-12-6-4-5-7-13(12)17(14,3)11-10-15(16)18/h4-7,9H,8,10-11H2,1-3H3/t17-/m1/s1. The number of allylic oxidation sites excluding steroid dienone is 2. The molecule has 18 heavy (non-hydrogen) atoms. The van der Waals surface area contributed by atoms with Gasteiger partial charge in [0.05, 0.1) is 0 Å². The number of benzene rings is 1. The van der Waals surface area contributed by atoms with Crippen molar-refractivity contribution in [2.24, 2.45) is 5.41 Å². The first-order valence-electron chi connectivity index (χ1n) is 6.79. The van der Waals surface area contributed by atoms with Crippen molar-refractivity contribution >= 4 is 5.78 Å². The monoisotopic (exact) mass is 240 g/mol. The van der Waals surface area contributed by atoms with Crippen molar-refractivity contribution in [1.29, 1.82) is 0 Å². The van der Waals surface area contributed by atoms with Gasteiger partial charge in [0.1, 0.15) is 5.78 Å². The molecular weight excluding hydrogens is 220 g/mol. The van der Waals surface area contributed by atoms with E-state index in [1.54, 1.807) is 0 Å². The SMILES string of the molecule is CC1(C)C(=O)CC[C@@]2(C)C1=CCc1ccccc12. The smallest absolute Gasteiger partial charge is 0.142 e. The first-order chi connectivity index (χ1) is 8.46. The summed E-state index contributed by atoms with van der Waals surface area (Å²) in [5.74, 6) is 0.394. The van der Waals surface area contributed by atoms with Crippen LogP contribution in [0.2, 0.25) is 0 Å². The highest BCUT2D eigenvalue weighted by Crippen LogP contribution is 2.52. The Labute approximate surface area is 109 Å². The largest absolute Gasteiger partial charge is 0.299 e. The molecule has 0 radical (unpaired) electrons. The maximum atomic E-state index is 12.2. The molecule has 0 amide bonds. The van der Waals surface area contributed by atoms with Crippen molar-refractivity contribution < 1.29 is 4.79 Å². The summed E-state index contributed by atoms with van der Waals surface area (Å²) in [7, 11) is 0. The van der Waals surface area contributed by atoms with Gasteiger partial charge in [-0.15, -0.1) is 0 Å². The van der Waals surface area contributed by atoms with Crippen LogP contribution in [0, 0.1) is 5.41 Å². The Kier molecular flexibility index (Phi) is 2.32. The molecule has 1 nitrogen and oxygen atoms in total. The van der Waals surface area contributed by atoms with Crippen molar-refractivity contribution in [3.63, 3.8) is 0 Å². The summed E-state index contributed by atoms with van der Waals surface area (Å²) in [6.45, 7) is 6.49. The Morgan fingerprint density at radius 2 is 1.83 bits per heavy atom. The Morgan fingerprint density at radius 1 is 1.11 bits per heavy atom. The predicted octanol–water partition coefficient (Wildman–Crippen LogP) is 3.82. The van der Waals surface area contributed by atoms with E-state index in [4.69, 9.17) is 0 Å². The van der Waals surface area contributed by atoms with Crippen LogP contribution < -0.4 is 0 Å². The quantitative estimate of drug-likeness (QED) is 0.630. The summed E-state index contributed by atoms with van der Waals surface area (Å²) in [6.07, 6.45) is 4.94. The molecular formula is C17H20O. The average molecular weight is 240 g/mol. The molecule has 3 rings (SSSR count).